The van der Waals surface area contributed by atoms with Gasteiger partial charge < -0.3 is 28.8 Å². The van der Waals surface area contributed by atoms with Crippen LogP contribution in [-0.4, -0.2) is 55.0 Å². The number of carbonyl (C=O) groups excluding carboxylic acids is 2. The summed E-state index contributed by atoms with van der Waals surface area (Å²) in [5.74, 6) is -4.10. The Hall–Kier alpha value is -1.64. The van der Waals surface area contributed by atoms with E-state index in [0.717, 1.165) is 6.08 Å². The molecule has 3 heterocycles. The number of carbonyl (C=O) groups is 2. The highest BCUT2D eigenvalue weighted by atomic mass is 16.8. The molecule has 0 aromatic heterocycles. The van der Waals surface area contributed by atoms with Gasteiger partial charge in [0.2, 0.25) is 6.29 Å². The van der Waals surface area contributed by atoms with Crippen LogP contribution in [0, 0.1) is 11.8 Å². The van der Waals surface area contributed by atoms with Crippen LogP contribution < -0.4 is 0 Å². The van der Waals surface area contributed by atoms with Crippen LogP contribution in [0.4, 0.5) is 0 Å². The number of hydrogen-bond donors (Lipinski definition) is 1. The molecule has 8 nitrogen and oxygen atoms in total. The first-order valence-corrected chi connectivity index (χ1v) is 7.72. The van der Waals surface area contributed by atoms with E-state index in [2.05, 4.69) is 0 Å². The van der Waals surface area contributed by atoms with Gasteiger partial charge in [-0.1, -0.05) is 0 Å². The molecule has 4 bridgehead atoms. The molecule has 3 aliphatic heterocycles. The molecule has 0 saturated carbocycles. The molecule has 0 aromatic rings. The minimum absolute atomic E-state index is 0.0319. The molecule has 0 amide bonds. The molecule has 1 N–H and O–H groups in total. The average Bonchev–Trinajstić information content (AvgIpc) is 2.93. The van der Waals surface area contributed by atoms with Crippen molar-refractivity contribution >= 4 is 11.9 Å². The van der Waals surface area contributed by atoms with Gasteiger partial charge in [0, 0.05) is 12.3 Å². The van der Waals surface area contributed by atoms with Gasteiger partial charge >= 0.3 is 11.9 Å². The van der Waals surface area contributed by atoms with E-state index in [1.54, 1.807) is 13.8 Å². The second-order valence-corrected chi connectivity index (χ2v) is 5.68. The lowest BCUT2D eigenvalue weighted by Gasteiger charge is -2.47. The third-order valence-electron chi connectivity index (χ3n) is 4.20. The summed E-state index contributed by atoms with van der Waals surface area (Å²) in [4.78, 5) is 24.1. The van der Waals surface area contributed by atoms with Gasteiger partial charge in [0.05, 0.1) is 32.0 Å². The van der Waals surface area contributed by atoms with Crippen LogP contribution in [0.2, 0.25) is 0 Å². The first-order chi connectivity index (χ1) is 11.0. The second-order valence-electron chi connectivity index (χ2n) is 5.68. The third kappa shape index (κ3) is 2.82. The highest BCUT2D eigenvalue weighted by Gasteiger charge is 2.62. The molecule has 0 aromatic carbocycles. The van der Waals surface area contributed by atoms with Crippen molar-refractivity contribution in [2.45, 2.75) is 38.4 Å². The normalized spacial score (nSPS) is 39.7. The monoisotopic (exact) mass is 328 g/mol. The number of rotatable bonds is 4. The van der Waals surface area contributed by atoms with Gasteiger partial charge in [-0.25, -0.2) is 4.79 Å². The molecular formula is C15H20O8. The van der Waals surface area contributed by atoms with Crippen molar-refractivity contribution in [3.05, 3.63) is 11.8 Å². The summed E-state index contributed by atoms with van der Waals surface area (Å²) in [7, 11) is 0. The number of ether oxygens (including phenoxy) is 5. The predicted molar refractivity (Wildman–Crippen MR) is 73.6 cm³/mol. The number of fused-ring (bicyclic) bond motifs is 6. The van der Waals surface area contributed by atoms with E-state index in [0.29, 0.717) is 0 Å². The van der Waals surface area contributed by atoms with E-state index >= 15 is 0 Å². The Kier molecular flexibility index (Phi) is 4.31. The number of esters is 2. The standard InChI is InChI=1S/C15H20O8/c1-3-19-11(16)5-9-12(13(17)20-4-2)8-6-15(18,23-9)14-21-7-10(8)22-14/h5,8,10,12,14,18H,3-4,6-7H2,1-2H3/b9-5-/t8-,10+,12-,14-,15+/m1/s1. The summed E-state index contributed by atoms with van der Waals surface area (Å²) in [5, 5.41) is 10.6. The van der Waals surface area contributed by atoms with Crippen molar-refractivity contribution in [1.29, 1.82) is 0 Å². The van der Waals surface area contributed by atoms with Crippen molar-refractivity contribution in [3.63, 3.8) is 0 Å². The van der Waals surface area contributed by atoms with Gasteiger partial charge in [-0.3, -0.25) is 4.79 Å². The fourth-order valence-electron chi connectivity index (χ4n) is 3.29. The van der Waals surface area contributed by atoms with Gasteiger partial charge in [-0.15, -0.1) is 0 Å². The third-order valence-corrected chi connectivity index (χ3v) is 4.20. The Morgan fingerprint density at radius 3 is 2.78 bits per heavy atom. The predicted octanol–water partition coefficient (Wildman–Crippen LogP) is 0.0929. The van der Waals surface area contributed by atoms with Gasteiger partial charge in [0.1, 0.15) is 11.7 Å². The van der Waals surface area contributed by atoms with E-state index in [-0.39, 0.29) is 38.1 Å². The average molecular weight is 328 g/mol. The second kappa shape index (κ2) is 6.10. The molecule has 0 aliphatic carbocycles. The Balaban J connectivity index is 1.94. The number of aliphatic hydroxyl groups is 1. The van der Waals surface area contributed by atoms with Crippen LogP contribution >= 0.6 is 0 Å². The Morgan fingerprint density at radius 2 is 2.09 bits per heavy atom. The van der Waals surface area contributed by atoms with Crippen molar-refractivity contribution in [3.8, 4) is 0 Å². The zero-order chi connectivity index (χ0) is 16.6. The fourth-order valence-corrected chi connectivity index (χ4v) is 3.29. The SMILES string of the molecule is CCOC(=O)/C=C1\O[C@@]2(O)C[C@H]([C@@H]3CO[C@@H]2O3)[C@H]1C(=O)OCC. The molecular weight excluding hydrogens is 308 g/mol. The van der Waals surface area contributed by atoms with Crippen molar-refractivity contribution in [1.82, 2.24) is 0 Å². The molecule has 8 heteroatoms. The van der Waals surface area contributed by atoms with Crippen molar-refractivity contribution < 1.29 is 38.4 Å². The molecule has 3 saturated heterocycles. The maximum absolute atomic E-state index is 12.4. The minimum atomic E-state index is -1.72. The zero-order valence-electron chi connectivity index (χ0n) is 13.0. The largest absolute Gasteiger partial charge is 0.465 e. The fraction of sp³-hybridized carbons (Fsp3) is 0.733. The molecule has 5 atom stereocenters. The Morgan fingerprint density at radius 1 is 1.35 bits per heavy atom. The van der Waals surface area contributed by atoms with E-state index in [4.69, 9.17) is 23.7 Å². The smallest absolute Gasteiger partial charge is 0.334 e. The summed E-state index contributed by atoms with van der Waals surface area (Å²) in [6.45, 7) is 4.01. The van der Waals surface area contributed by atoms with E-state index in [9.17, 15) is 14.7 Å². The summed E-state index contributed by atoms with van der Waals surface area (Å²) >= 11 is 0. The lowest BCUT2D eigenvalue weighted by molar-refractivity contribution is -0.344. The first kappa shape index (κ1) is 16.2. The first-order valence-electron chi connectivity index (χ1n) is 7.72. The van der Waals surface area contributed by atoms with E-state index in [1.807, 2.05) is 0 Å². The highest BCUT2D eigenvalue weighted by molar-refractivity contribution is 5.85. The highest BCUT2D eigenvalue weighted by Crippen LogP contribution is 2.50. The van der Waals surface area contributed by atoms with Crippen LogP contribution in [-0.2, 0) is 33.3 Å². The lowest BCUT2D eigenvalue weighted by Crippen LogP contribution is -2.58. The van der Waals surface area contributed by atoms with Crippen molar-refractivity contribution in [2.24, 2.45) is 11.8 Å². The molecule has 3 rings (SSSR count). The topological polar surface area (TPSA) is 101 Å². The summed E-state index contributed by atoms with van der Waals surface area (Å²) in [6, 6.07) is 0. The summed E-state index contributed by atoms with van der Waals surface area (Å²) in [6.07, 6.45) is -0.0273. The molecule has 0 spiro atoms. The Bertz CT molecular complexity index is 530. The quantitative estimate of drug-likeness (QED) is 0.572. The number of hydrogen-bond acceptors (Lipinski definition) is 8. The molecule has 0 radical (unpaired) electrons. The molecule has 23 heavy (non-hydrogen) atoms. The lowest BCUT2D eigenvalue weighted by atomic mass is 9.77. The van der Waals surface area contributed by atoms with E-state index in [1.165, 1.54) is 0 Å². The zero-order valence-corrected chi connectivity index (χ0v) is 13.0. The Labute approximate surface area is 133 Å². The maximum atomic E-state index is 12.4. The van der Waals surface area contributed by atoms with Crippen LogP contribution in [0.5, 0.6) is 0 Å². The molecule has 3 fully saturated rings. The van der Waals surface area contributed by atoms with Crippen LogP contribution in [0.3, 0.4) is 0 Å². The van der Waals surface area contributed by atoms with Crippen LogP contribution in [0.25, 0.3) is 0 Å². The van der Waals surface area contributed by atoms with Gasteiger partial charge in [0.15, 0.2) is 0 Å². The van der Waals surface area contributed by atoms with Gasteiger partial charge in [-0.2, -0.15) is 0 Å². The molecule has 0 unspecified atom stereocenters. The van der Waals surface area contributed by atoms with Crippen LogP contribution in [0.1, 0.15) is 20.3 Å². The van der Waals surface area contributed by atoms with Crippen molar-refractivity contribution in [2.75, 3.05) is 19.8 Å². The molecule has 128 valence electrons. The van der Waals surface area contributed by atoms with Gasteiger partial charge in [-0.05, 0) is 13.8 Å². The maximum Gasteiger partial charge on any atom is 0.334 e. The van der Waals surface area contributed by atoms with Crippen LogP contribution in [0.15, 0.2) is 11.8 Å². The van der Waals surface area contributed by atoms with E-state index < -0.39 is 35.9 Å². The summed E-state index contributed by atoms with van der Waals surface area (Å²) < 4.78 is 26.5. The summed E-state index contributed by atoms with van der Waals surface area (Å²) in [5.41, 5.74) is 0. The molecule has 3 aliphatic rings. The van der Waals surface area contributed by atoms with Gasteiger partial charge in [0.25, 0.3) is 5.79 Å². The minimum Gasteiger partial charge on any atom is -0.465 e.